The van der Waals surface area contributed by atoms with Gasteiger partial charge < -0.3 is 4.90 Å². The largest absolute Gasteiger partial charge is 0.343 e. The highest BCUT2D eigenvalue weighted by atomic mass is 19.1. The molecule has 0 N–H and O–H groups in total. The number of pyridine rings is 1. The van der Waals surface area contributed by atoms with Gasteiger partial charge in [0, 0.05) is 31.9 Å². The molecule has 0 radical (unpaired) electrons. The minimum atomic E-state index is -0.225. The van der Waals surface area contributed by atoms with Crippen LogP contribution in [0.5, 0.6) is 0 Å². The molecule has 23 heavy (non-hydrogen) atoms. The van der Waals surface area contributed by atoms with E-state index in [-0.39, 0.29) is 11.7 Å². The maximum absolute atomic E-state index is 13.6. The molecule has 0 atom stereocenters. The lowest BCUT2D eigenvalue weighted by Gasteiger charge is -2.32. The molecule has 0 unspecified atom stereocenters. The molecule has 0 bridgehead atoms. The van der Waals surface area contributed by atoms with Crippen molar-refractivity contribution < 1.29 is 9.18 Å². The Morgan fingerprint density at radius 1 is 1.13 bits per heavy atom. The molecule has 0 spiro atoms. The van der Waals surface area contributed by atoms with Crippen LogP contribution in [-0.4, -0.2) is 28.9 Å². The molecule has 1 aliphatic heterocycles. The summed E-state index contributed by atoms with van der Waals surface area (Å²) in [7, 11) is 0. The van der Waals surface area contributed by atoms with Crippen molar-refractivity contribution in [2.75, 3.05) is 13.1 Å². The third kappa shape index (κ3) is 3.95. The molecule has 1 aliphatic rings. The van der Waals surface area contributed by atoms with Crippen LogP contribution in [0.2, 0.25) is 0 Å². The Morgan fingerprint density at radius 3 is 2.52 bits per heavy atom. The number of aromatic nitrogens is 1. The summed E-state index contributed by atoms with van der Waals surface area (Å²) in [6.07, 6.45) is 6.45. The van der Waals surface area contributed by atoms with Gasteiger partial charge in [0.05, 0.1) is 0 Å². The van der Waals surface area contributed by atoms with Crippen LogP contribution in [0.4, 0.5) is 4.39 Å². The predicted octanol–water partition coefficient (Wildman–Crippen LogP) is 3.56. The highest BCUT2D eigenvalue weighted by molar-refractivity contribution is 5.76. The summed E-state index contributed by atoms with van der Waals surface area (Å²) in [5.74, 6) is 0.409. The van der Waals surface area contributed by atoms with Crippen LogP contribution in [0, 0.1) is 5.82 Å². The van der Waals surface area contributed by atoms with Gasteiger partial charge in [-0.1, -0.05) is 18.2 Å². The molecule has 120 valence electrons. The zero-order valence-electron chi connectivity index (χ0n) is 13.1. The minimum absolute atomic E-state index is 0.126. The van der Waals surface area contributed by atoms with E-state index in [1.807, 2.05) is 23.4 Å². The maximum atomic E-state index is 13.6. The highest BCUT2D eigenvalue weighted by Crippen LogP contribution is 2.27. The lowest BCUT2D eigenvalue weighted by Crippen LogP contribution is -2.38. The fourth-order valence-corrected chi connectivity index (χ4v) is 3.20. The van der Waals surface area contributed by atoms with Crippen molar-refractivity contribution in [2.45, 2.75) is 31.6 Å². The Morgan fingerprint density at radius 2 is 1.83 bits per heavy atom. The summed E-state index contributed by atoms with van der Waals surface area (Å²) < 4.78 is 13.6. The highest BCUT2D eigenvalue weighted by Gasteiger charge is 2.23. The smallest absolute Gasteiger partial charge is 0.222 e. The van der Waals surface area contributed by atoms with Gasteiger partial charge in [0.1, 0.15) is 5.82 Å². The Labute approximate surface area is 136 Å². The molecular formula is C19H21FN2O. The standard InChI is InChI=1S/C19H21FN2O/c20-18-4-2-1-3-17(18)5-6-19(23)22-13-9-16(10-14-22)15-7-11-21-12-8-15/h1-4,7-8,11-12,16H,5-6,9-10,13-14H2. The van der Waals surface area contributed by atoms with Gasteiger partial charge in [0.2, 0.25) is 5.91 Å². The van der Waals surface area contributed by atoms with Crippen molar-refractivity contribution >= 4 is 5.91 Å². The van der Waals surface area contributed by atoms with E-state index in [1.165, 1.54) is 11.6 Å². The molecule has 1 aromatic heterocycles. The number of rotatable bonds is 4. The van der Waals surface area contributed by atoms with E-state index in [0.29, 0.717) is 24.3 Å². The first-order valence-electron chi connectivity index (χ1n) is 8.15. The lowest BCUT2D eigenvalue weighted by atomic mass is 9.90. The summed E-state index contributed by atoms with van der Waals surface area (Å²) in [6.45, 7) is 1.56. The molecule has 1 amide bonds. The number of piperidine rings is 1. The van der Waals surface area contributed by atoms with Gasteiger partial charge in [-0.15, -0.1) is 0 Å². The average molecular weight is 312 g/mol. The van der Waals surface area contributed by atoms with Gasteiger partial charge in [0.15, 0.2) is 0 Å². The van der Waals surface area contributed by atoms with Crippen LogP contribution in [0.15, 0.2) is 48.8 Å². The van der Waals surface area contributed by atoms with Crippen molar-refractivity contribution in [3.05, 3.63) is 65.7 Å². The Hall–Kier alpha value is -2.23. The average Bonchev–Trinajstić information content (AvgIpc) is 2.62. The molecule has 3 nitrogen and oxygen atoms in total. The van der Waals surface area contributed by atoms with Gasteiger partial charge in [-0.25, -0.2) is 4.39 Å². The van der Waals surface area contributed by atoms with Crippen LogP contribution < -0.4 is 0 Å². The van der Waals surface area contributed by atoms with E-state index in [9.17, 15) is 9.18 Å². The third-order valence-corrected chi connectivity index (χ3v) is 4.59. The number of halogens is 1. The van der Waals surface area contributed by atoms with Crippen molar-refractivity contribution in [1.29, 1.82) is 0 Å². The van der Waals surface area contributed by atoms with Crippen molar-refractivity contribution in [3.8, 4) is 0 Å². The number of aryl methyl sites for hydroxylation is 1. The van der Waals surface area contributed by atoms with Crippen molar-refractivity contribution in [1.82, 2.24) is 9.88 Å². The minimum Gasteiger partial charge on any atom is -0.343 e. The summed E-state index contributed by atoms with van der Waals surface area (Å²) >= 11 is 0. The second-order valence-corrected chi connectivity index (χ2v) is 6.03. The molecule has 1 fully saturated rings. The van der Waals surface area contributed by atoms with Crippen LogP contribution in [0.1, 0.15) is 36.3 Å². The number of hydrogen-bond donors (Lipinski definition) is 0. The normalized spacial score (nSPS) is 15.6. The van der Waals surface area contributed by atoms with Gasteiger partial charge in [-0.2, -0.15) is 0 Å². The van der Waals surface area contributed by atoms with Gasteiger partial charge in [-0.05, 0) is 54.5 Å². The number of nitrogens with zero attached hydrogens (tertiary/aromatic N) is 2. The molecule has 0 aliphatic carbocycles. The fraction of sp³-hybridized carbons (Fsp3) is 0.368. The van der Waals surface area contributed by atoms with E-state index < -0.39 is 0 Å². The summed E-state index contributed by atoms with van der Waals surface area (Å²) in [5, 5.41) is 0. The van der Waals surface area contributed by atoms with E-state index in [0.717, 1.165) is 25.9 Å². The van der Waals surface area contributed by atoms with Gasteiger partial charge in [0.25, 0.3) is 0 Å². The van der Waals surface area contributed by atoms with Gasteiger partial charge in [-0.3, -0.25) is 9.78 Å². The Bertz CT molecular complexity index is 651. The van der Waals surface area contributed by atoms with Crippen molar-refractivity contribution in [2.24, 2.45) is 0 Å². The first-order valence-corrected chi connectivity index (χ1v) is 8.15. The van der Waals surface area contributed by atoms with E-state index in [2.05, 4.69) is 17.1 Å². The molecule has 1 saturated heterocycles. The number of likely N-dealkylation sites (tertiary alicyclic amines) is 1. The number of carbonyl (C=O) groups excluding carboxylic acids is 1. The van der Waals surface area contributed by atoms with Crippen LogP contribution in [-0.2, 0) is 11.2 Å². The third-order valence-electron chi connectivity index (χ3n) is 4.59. The number of benzene rings is 1. The Balaban J connectivity index is 1.50. The summed E-state index contributed by atoms with van der Waals surface area (Å²) in [4.78, 5) is 18.3. The van der Waals surface area contributed by atoms with Crippen LogP contribution >= 0.6 is 0 Å². The Kier molecular flexibility index (Phi) is 5.01. The molecule has 2 aromatic rings. The van der Waals surface area contributed by atoms with Crippen LogP contribution in [0.25, 0.3) is 0 Å². The zero-order valence-corrected chi connectivity index (χ0v) is 13.1. The molecule has 4 heteroatoms. The predicted molar refractivity (Wildman–Crippen MR) is 87.5 cm³/mol. The monoisotopic (exact) mass is 312 g/mol. The first-order chi connectivity index (χ1) is 11.2. The SMILES string of the molecule is O=C(CCc1ccccc1F)N1CCC(c2ccncc2)CC1. The second-order valence-electron chi connectivity index (χ2n) is 6.03. The maximum Gasteiger partial charge on any atom is 0.222 e. The molecule has 3 rings (SSSR count). The van der Waals surface area contributed by atoms with E-state index >= 15 is 0 Å². The van der Waals surface area contributed by atoms with Gasteiger partial charge >= 0.3 is 0 Å². The number of amides is 1. The van der Waals surface area contributed by atoms with E-state index in [1.54, 1.807) is 12.1 Å². The number of hydrogen-bond acceptors (Lipinski definition) is 2. The van der Waals surface area contributed by atoms with E-state index in [4.69, 9.17) is 0 Å². The van der Waals surface area contributed by atoms with Crippen molar-refractivity contribution in [3.63, 3.8) is 0 Å². The summed E-state index contributed by atoms with van der Waals surface area (Å²) in [6, 6.07) is 10.8. The quantitative estimate of drug-likeness (QED) is 0.865. The zero-order chi connectivity index (χ0) is 16.1. The van der Waals surface area contributed by atoms with Crippen LogP contribution in [0.3, 0.4) is 0 Å². The fourth-order valence-electron chi connectivity index (χ4n) is 3.20. The summed E-state index contributed by atoms with van der Waals surface area (Å²) in [5.41, 5.74) is 1.92. The topological polar surface area (TPSA) is 33.2 Å². The number of carbonyl (C=O) groups is 1. The molecular weight excluding hydrogens is 291 g/mol. The first kappa shape index (κ1) is 15.7. The molecule has 2 heterocycles. The lowest BCUT2D eigenvalue weighted by molar-refractivity contribution is -0.132. The molecule has 1 aromatic carbocycles. The molecule has 0 saturated carbocycles. The second kappa shape index (κ2) is 7.36.